The number of carbonyl (C=O) groups excluding carboxylic acids is 3. The van der Waals surface area contributed by atoms with Gasteiger partial charge in [-0.25, -0.2) is 0 Å². The van der Waals surface area contributed by atoms with Gasteiger partial charge in [0.2, 0.25) is 0 Å². The molecule has 0 saturated heterocycles. The van der Waals surface area contributed by atoms with Gasteiger partial charge in [0.1, 0.15) is 0 Å². The Morgan fingerprint density at radius 2 is 0.568 bits per heavy atom. The normalized spacial score (nSPS) is 13.5. The van der Waals surface area contributed by atoms with Crippen molar-refractivity contribution in [2.45, 2.75) is 122 Å². The number of hydrogen-bond acceptors (Lipinski definition) is 6. The van der Waals surface area contributed by atoms with E-state index in [1.54, 1.807) is 0 Å². The van der Waals surface area contributed by atoms with Crippen molar-refractivity contribution >= 4 is 17.9 Å². The van der Waals surface area contributed by atoms with E-state index < -0.39 is 17.9 Å². The summed E-state index contributed by atoms with van der Waals surface area (Å²) < 4.78 is 0. The summed E-state index contributed by atoms with van der Waals surface area (Å²) in [4.78, 5) is 31.9. The third-order valence-corrected chi connectivity index (χ3v) is 6.49. The second-order valence-electron chi connectivity index (χ2n) is 12.4. The molecule has 0 saturated carbocycles. The largest absolute Gasteiger partial charge is 3.00 e. The second-order valence-corrected chi connectivity index (χ2v) is 12.4. The fraction of sp³-hybridized carbons (Fsp3) is 0.900. The summed E-state index contributed by atoms with van der Waals surface area (Å²) in [5, 5.41) is 31.9. The van der Waals surface area contributed by atoms with Crippen LogP contribution in [-0.2, 0) is 14.4 Å². The van der Waals surface area contributed by atoms with Crippen molar-refractivity contribution in [3.8, 4) is 0 Å². The van der Waals surface area contributed by atoms with Crippen LogP contribution in [0.4, 0.5) is 0 Å². The molecule has 37 heavy (non-hydrogen) atoms. The predicted molar refractivity (Wildman–Crippen MR) is 142 cm³/mol. The Bertz CT molecular complexity index is 504. The minimum absolute atomic E-state index is 0. The molecule has 0 aliphatic rings. The molecule has 0 spiro atoms. The first-order valence-electron chi connectivity index (χ1n) is 14.0. The SMILES string of the molecule is CC(C)CCC(C(=O)[O-])C(C)C.CC(C)CCC(C(=O)[O-])C(C)C.CC(C)CCC(C(=O)[O-])C(C)C.[Nd+3]. The van der Waals surface area contributed by atoms with Crippen LogP contribution in [0.1, 0.15) is 122 Å². The van der Waals surface area contributed by atoms with Crippen molar-refractivity contribution in [1.29, 1.82) is 0 Å². The van der Waals surface area contributed by atoms with E-state index in [2.05, 4.69) is 41.5 Å². The van der Waals surface area contributed by atoms with E-state index in [0.29, 0.717) is 17.8 Å². The summed E-state index contributed by atoms with van der Waals surface area (Å²) in [6.07, 6.45) is 5.15. The molecule has 0 rings (SSSR count). The molecule has 7 heteroatoms. The van der Waals surface area contributed by atoms with Crippen LogP contribution < -0.4 is 15.3 Å². The molecule has 0 bridgehead atoms. The van der Waals surface area contributed by atoms with Gasteiger partial charge in [0.25, 0.3) is 0 Å². The molecule has 3 unspecified atom stereocenters. The first-order valence-corrected chi connectivity index (χ1v) is 14.0. The molecule has 0 aromatic carbocycles. The molecule has 6 nitrogen and oxygen atoms in total. The van der Waals surface area contributed by atoms with Gasteiger partial charge in [-0.05, 0) is 54.8 Å². The van der Waals surface area contributed by atoms with E-state index >= 15 is 0 Å². The minimum Gasteiger partial charge on any atom is -0.550 e. The van der Waals surface area contributed by atoms with Gasteiger partial charge >= 0.3 is 40.8 Å². The zero-order chi connectivity index (χ0) is 29.2. The second kappa shape index (κ2) is 24.8. The van der Waals surface area contributed by atoms with E-state index in [0.717, 1.165) is 38.5 Å². The predicted octanol–water partition coefficient (Wildman–Crippen LogP) is 4.33. The van der Waals surface area contributed by atoms with Gasteiger partial charge in [-0.15, -0.1) is 0 Å². The van der Waals surface area contributed by atoms with Crippen LogP contribution in [0, 0.1) is 94.1 Å². The topological polar surface area (TPSA) is 120 Å². The maximum Gasteiger partial charge on any atom is 3.00 e. The number of rotatable bonds is 15. The number of hydrogen-bond donors (Lipinski definition) is 0. The summed E-state index contributed by atoms with van der Waals surface area (Å²) in [7, 11) is 0. The number of carboxylic acids is 3. The minimum atomic E-state index is -0.898. The van der Waals surface area contributed by atoms with Crippen molar-refractivity contribution in [3.05, 3.63) is 0 Å². The summed E-state index contributed by atoms with van der Waals surface area (Å²) in [5.74, 6) is -1.22. The van der Waals surface area contributed by atoms with Crippen molar-refractivity contribution in [1.82, 2.24) is 0 Å². The van der Waals surface area contributed by atoms with E-state index in [1.807, 2.05) is 41.5 Å². The van der Waals surface area contributed by atoms with Crippen LogP contribution in [0.3, 0.4) is 0 Å². The molecule has 217 valence electrons. The monoisotopic (exact) mass is 655 g/mol. The Kier molecular flexibility index (Phi) is 29.3. The molecule has 0 aliphatic carbocycles. The van der Waals surface area contributed by atoms with Crippen LogP contribution in [0.5, 0.6) is 0 Å². The van der Waals surface area contributed by atoms with Crippen LogP contribution in [0.15, 0.2) is 0 Å². The molecule has 0 aliphatic heterocycles. The van der Waals surface area contributed by atoms with Crippen molar-refractivity contribution < 1.29 is 70.5 Å². The molecule has 0 fully saturated rings. The van der Waals surface area contributed by atoms with Gasteiger partial charge in [-0.3, -0.25) is 0 Å². The third kappa shape index (κ3) is 27.1. The summed E-state index contributed by atoms with van der Waals surface area (Å²) in [5.41, 5.74) is 0. The molecule has 3 atom stereocenters. The zero-order valence-electron chi connectivity index (χ0n) is 25.9. The number of carbonyl (C=O) groups is 3. The third-order valence-electron chi connectivity index (χ3n) is 6.49. The summed E-state index contributed by atoms with van der Waals surface area (Å²) in [6.45, 7) is 24.2. The summed E-state index contributed by atoms with van der Waals surface area (Å²) in [6, 6.07) is 0. The molecule has 0 aromatic heterocycles. The first-order chi connectivity index (χ1) is 16.3. The van der Waals surface area contributed by atoms with E-state index in [-0.39, 0.29) is 76.3 Å². The smallest absolute Gasteiger partial charge is 0.550 e. The van der Waals surface area contributed by atoms with Crippen LogP contribution in [0.25, 0.3) is 0 Å². The van der Waals surface area contributed by atoms with Crippen molar-refractivity contribution in [2.24, 2.45) is 53.3 Å². The van der Waals surface area contributed by atoms with Gasteiger partial charge in [-0.2, -0.15) is 0 Å². The Morgan fingerprint density at radius 1 is 0.405 bits per heavy atom. The number of aliphatic carboxylic acids is 3. The Morgan fingerprint density at radius 3 is 0.649 bits per heavy atom. The molecule has 0 aromatic rings. The number of carboxylic acid groups (broad SMARTS) is 3. The maximum absolute atomic E-state index is 10.6. The molecular formula is C30H57NdO6. The van der Waals surface area contributed by atoms with Crippen LogP contribution in [-0.4, -0.2) is 17.9 Å². The van der Waals surface area contributed by atoms with E-state index in [4.69, 9.17) is 0 Å². The van der Waals surface area contributed by atoms with Gasteiger partial charge in [0, 0.05) is 35.7 Å². The molecule has 0 N–H and O–H groups in total. The quantitative estimate of drug-likeness (QED) is 0.259. The van der Waals surface area contributed by atoms with Gasteiger partial charge in [-0.1, -0.05) is 102 Å². The van der Waals surface area contributed by atoms with Crippen LogP contribution in [0.2, 0.25) is 0 Å². The molecular weight excluding hydrogens is 601 g/mol. The molecule has 0 amide bonds. The Hall–Kier alpha value is -0.239. The Balaban J connectivity index is -0.000000218. The van der Waals surface area contributed by atoms with E-state index in [1.165, 1.54) is 0 Å². The summed E-state index contributed by atoms with van der Waals surface area (Å²) >= 11 is 0. The fourth-order valence-corrected chi connectivity index (χ4v) is 3.71. The van der Waals surface area contributed by atoms with Crippen molar-refractivity contribution in [2.75, 3.05) is 0 Å². The molecule has 0 heterocycles. The van der Waals surface area contributed by atoms with Gasteiger partial charge in [0.15, 0.2) is 0 Å². The fourth-order valence-electron chi connectivity index (χ4n) is 3.71. The molecule has 1 radical (unpaired) electrons. The maximum atomic E-state index is 10.6. The van der Waals surface area contributed by atoms with Crippen molar-refractivity contribution in [3.63, 3.8) is 0 Å². The average Bonchev–Trinajstić information content (AvgIpc) is 2.66. The van der Waals surface area contributed by atoms with Crippen LogP contribution >= 0.6 is 0 Å². The average molecular weight is 658 g/mol. The standard InChI is InChI=1S/3C10H20O2.Nd/c3*1-7(2)5-6-9(8(3)4)10(11)12;/h3*7-9H,5-6H2,1-4H3,(H,11,12);/q;;;+3/p-3. The van der Waals surface area contributed by atoms with Gasteiger partial charge < -0.3 is 29.7 Å². The zero-order valence-corrected chi connectivity index (χ0v) is 29.1. The van der Waals surface area contributed by atoms with Gasteiger partial charge in [0.05, 0.1) is 0 Å². The first kappa shape index (κ1) is 43.8. The Labute approximate surface area is 261 Å². The van der Waals surface area contributed by atoms with E-state index in [9.17, 15) is 29.7 Å².